The monoisotopic (exact) mass is 283 g/mol. The van der Waals surface area contributed by atoms with Gasteiger partial charge in [0.1, 0.15) is 11.5 Å². The van der Waals surface area contributed by atoms with Crippen LogP contribution >= 0.6 is 12.2 Å². The van der Waals surface area contributed by atoms with E-state index in [0.717, 1.165) is 0 Å². The molecule has 0 radical (unpaired) electrons. The molecule has 0 amide bonds. The first-order chi connectivity index (χ1) is 9.06. The molecule has 7 nitrogen and oxygen atoms in total. The number of nitrogens with two attached hydrogens (primary N) is 1. The zero-order chi connectivity index (χ0) is 14.3. The average Bonchev–Trinajstić information content (AvgIpc) is 2.38. The number of ether oxygens (including phenoxy) is 3. The molecule has 3 N–H and O–H groups in total. The van der Waals surface area contributed by atoms with Crippen LogP contribution in [0.4, 0.5) is 4.79 Å². The largest absolute Gasteiger partial charge is 0.513 e. The van der Waals surface area contributed by atoms with Gasteiger partial charge in [-0.05, 0) is 30.4 Å². The zero-order valence-corrected chi connectivity index (χ0v) is 11.2. The molecule has 102 valence electrons. The third-order valence-corrected chi connectivity index (χ3v) is 2.04. The minimum Gasteiger partial charge on any atom is -0.496 e. The van der Waals surface area contributed by atoms with Crippen LogP contribution < -0.4 is 20.6 Å². The van der Waals surface area contributed by atoms with Crippen LogP contribution in [0.2, 0.25) is 0 Å². The highest BCUT2D eigenvalue weighted by Gasteiger charge is 2.07. The summed E-state index contributed by atoms with van der Waals surface area (Å²) in [5.74, 6) is 0.843. The van der Waals surface area contributed by atoms with E-state index in [4.69, 9.17) is 15.2 Å². The molecule has 0 aliphatic rings. The van der Waals surface area contributed by atoms with E-state index in [2.05, 4.69) is 27.5 Å². The minimum absolute atomic E-state index is 0.0391. The summed E-state index contributed by atoms with van der Waals surface area (Å²) in [5, 5.41) is 3.84. The van der Waals surface area contributed by atoms with Crippen LogP contribution in [0.3, 0.4) is 0 Å². The van der Waals surface area contributed by atoms with Gasteiger partial charge in [-0.15, -0.1) is 0 Å². The van der Waals surface area contributed by atoms with Crippen molar-refractivity contribution in [3.63, 3.8) is 0 Å². The highest BCUT2D eigenvalue weighted by Crippen LogP contribution is 2.22. The summed E-state index contributed by atoms with van der Waals surface area (Å²) >= 11 is 4.61. The number of methoxy groups -OCH3 is 2. The van der Waals surface area contributed by atoms with Crippen molar-refractivity contribution in [3.8, 4) is 11.5 Å². The van der Waals surface area contributed by atoms with Gasteiger partial charge in [0.2, 0.25) is 0 Å². The molecule has 0 aliphatic heterocycles. The third kappa shape index (κ3) is 4.80. The number of thiocarbonyl (C=S) groups is 1. The zero-order valence-electron chi connectivity index (χ0n) is 10.4. The molecule has 0 fully saturated rings. The molecule has 0 saturated heterocycles. The van der Waals surface area contributed by atoms with E-state index in [1.807, 2.05) is 0 Å². The molecule has 0 unspecified atom stereocenters. The molecular formula is C11H13N3O4S. The Kier molecular flexibility index (Phi) is 5.55. The molecule has 1 rings (SSSR count). The fourth-order valence-corrected chi connectivity index (χ4v) is 1.23. The molecular weight excluding hydrogens is 270 g/mol. The summed E-state index contributed by atoms with van der Waals surface area (Å²) in [4.78, 5) is 11.0. The number of hydrogen-bond acceptors (Lipinski definition) is 6. The number of nitrogens with zero attached hydrogens (tertiary/aromatic N) is 1. The third-order valence-electron chi connectivity index (χ3n) is 1.95. The van der Waals surface area contributed by atoms with Gasteiger partial charge in [-0.1, -0.05) is 0 Å². The summed E-state index contributed by atoms with van der Waals surface area (Å²) in [6.07, 6.45) is 0.622. The predicted octanol–water partition coefficient (Wildman–Crippen LogP) is 1.01. The Bertz CT molecular complexity index is 505. The van der Waals surface area contributed by atoms with E-state index in [9.17, 15) is 4.79 Å². The first-order valence-corrected chi connectivity index (χ1v) is 5.50. The Labute approximate surface area is 115 Å². The average molecular weight is 283 g/mol. The van der Waals surface area contributed by atoms with Crippen molar-refractivity contribution in [1.82, 2.24) is 5.43 Å². The Morgan fingerprint density at radius 1 is 1.47 bits per heavy atom. The van der Waals surface area contributed by atoms with E-state index < -0.39 is 6.16 Å². The predicted molar refractivity (Wildman–Crippen MR) is 73.5 cm³/mol. The van der Waals surface area contributed by atoms with E-state index in [1.165, 1.54) is 20.4 Å². The maximum absolute atomic E-state index is 11.0. The molecule has 8 heteroatoms. The number of rotatable bonds is 4. The lowest BCUT2D eigenvalue weighted by Crippen LogP contribution is -2.24. The highest BCUT2D eigenvalue weighted by molar-refractivity contribution is 7.80. The Morgan fingerprint density at radius 3 is 2.79 bits per heavy atom. The van der Waals surface area contributed by atoms with E-state index in [-0.39, 0.29) is 5.11 Å². The fourth-order valence-electron chi connectivity index (χ4n) is 1.18. The van der Waals surface area contributed by atoms with Crippen LogP contribution in [0.5, 0.6) is 11.5 Å². The molecule has 0 aliphatic carbocycles. The second-order valence-electron chi connectivity index (χ2n) is 3.19. The van der Waals surface area contributed by atoms with Crippen molar-refractivity contribution >= 4 is 29.7 Å². The number of benzene rings is 1. The molecule has 0 heterocycles. The lowest BCUT2D eigenvalue weighted by atomic mass is 10.2. The fraction of sp³-hybridized carbons (Fsp3) is 0.182. The van der Waals surface area contributed by atoms with Crippen LogP contribution in [-0.4, -0.2) is 31.7 Å². The van der Waals surface area contributed by atoms with Crippen LogP contribution in [-0.2, 0) is 4.74 Å². The van der Waals surface area contributed by atoms with Gasteiger partial charge in [-0.2, -0.15) is 5.10 Å². The first kappa shape index (κ1) is 14.7. The van der Waals surface area contributed by atoms with Crippen molar-refractivity contribution in [2.75, 3.05) is 14.2 Å². The van der Waals surface area contributed by atoms with Crippen molar-refractivity contribution in [3.05, 3.63) is 23.8 Å². The van der Waals surface area contributed by atoms with Crippen molar-refractivity contribution < 1.29 is 19.0 Å². The van der Waals surface area contributed by atoms with Gasteiger partial charge in [0.25, 0.3) is 0 Å². The Balaban J connectivity index is 2.92. The summed E-state index contributed by atoms with van der Waals surface area (Å²) < 4.78 is 14.4. The topological polar surface area (TPSA) is 95.2 Å². The molecule has 0 aromatic heterocycles. The lowest BCUT2D eigenvalue weighted by Gasteiger charge is -2.07. The van der Waals surface area contributed by atoms with Gasteiger partial charge in [0.15, 0.2) is 5.11 Å². The van der Waals surface area contributed by atoms with E-state index in [1.54, 1.807) is 18.2 Å². The molecule has 0 spiro atoms. The summed E-state index contributed by atoms with van der Waals surface area (Å²) in [7, 11) is 2.73. The van der Waals surface area contributed by atoms with Gasteiger partial charge in [0, 0.05) is 5.56 Å². The van der Waals surface area contributed by atoms with Crippen LogP contribution in [0.1, 0.15) is 5.56 Å². The van der Waals surface area contributed by atoms with Crippen molar-refractivity contribution in [1.29, 1.82) is 0 Å². The smallest absolute Gasteiger partial charge is 0.496 e. The number of carbonyl (C=O) groups excluding carboxylic acids is 1. The van der Waals surface area contributed by atoms with Gasteiger partial charge >= 0.3 is 6.16 Å². The lowest BCUT2D eigenvalue weighted by molar-refractivity contribution is 0.121. The minimum atomic E-state index is -0.811. The van der Waals surface area contributed by atoms with Crippen molar-refractivity contribution in [2.24, 2.45) is 10.8 Å². The number of carbonyl (C=O) groups is 1. The Hall–Kier alpha value is -2.35. The van der Waals surface area contributed by atoms with Crippen LogP contribution in [0, 0.1) is 0 Å². The van der Waals surface area contributed by atoms with Crippen LogP contribution in [0.25, 0.3) is 0 Å². The summed E-state index contributed by atoms with van der Waals surface area (Å²) in [6, 6.07) is 4.75. The van der Waals surface area contributed by atoms with E-state index >= 15 is 0 Å². The maximum atomic E-state index is 11.0. The van der Waals surface area contributed by atoms with Gasteiger partial charge in [0.05, 0.1) is 20.4 Å². The SMILES string of the molecule is COC(=O)Oc1ccc(OC)c(C=NNC(N)=S)c1. The normalized spacial score (nSPS) is 10.0. The van der Waals surface area contributed by atoms with Crippen LogP contribution in [0.15, 0.2) is 23.3 Å². The molecule has 0 saturated carbocycles. The Morgan fingerprint density at radius 2 is 2.21 bits per heavy atom. The van der Waals surface area contributed by atoms with E-state index in [0.29, 0.717) is 17.1 Å². The molecule has 1 aromatic rings. The first-order valence-electron chi connectivity index (χ1n) is 5.09. The van der Waals surface area contributed by atoms with Gasteiger partial charge in [-0.25, -0.2) is 4.79 Å². The molecule has 0 atom stereocenters. The van der Waals surface area contributed by atoms with Gasteiger partial charge in [-0.3, -0.25) is 5.43 Å². The maximum Gasteiger partial charge on any atom is 0.513 e. The number of nitrogens with one attached hydrogen (secondary N) is 1. The van der Waals surface area contributed by atoms with Gasteiger partial charge < -0.3 is 19.9 Å². The summed E-state index contributed by atoms with van der Waals surface area (Å²) in [6.45, 7) is 0. The standard InChI is InChI=1S/C11H13N3O4S/c1-16-9-4-3-8(18-11(15)17-2)5-7(9)6-13-14-10(12)19/h3-6H,1-2H3,(H3,12,14,19). The molecule has 0 bridgehead atoms. The van der Waals surface area contributed by atoms with Crippen molar-refractivity contribution in [2.45, 2.75) is 0 Å². The number of hydrogen-bond donors (Lipinski definition) is 2. The molecule has 19 heavy (non-hydrogen) atoms. The second kappa shape index (κ2) is 7.17. The second-order valence-corrected chi connectivity index (χ2v) is 3.63. The summed E-state index contributed by atoms with van der Waals surface area (Å²) in [5.41, 5.74) is 8.21. The molecule has 1 aromatic carbocycles. The number of hydrazone groups is 1. The highest BCUT2D eigenvalue weighted by atomic mass is 32.1. The quantitative estimate of drug-likeness (QED) is 0.280.